The second-order valence-corrected chi connectivity index (χ2v) is 7.72. The van der Waals surface area contributed by atoms with Crippen LogP contribution in [-0.4, -0.2) is 33.5 Å². The summed E-state index contributed by atoms with van der Waals surface area (Å²) in [7, 11) is -3.76. The smallest absolute Gasteiger partial charge is 0.227 e. The van der Waals surface area contributed by atoms with Gasteiger partial charge in [0, 0.05) is 11.6 Å². The number of sulfone groups is 1. The number of aromatic nitrogens is 4. The highest BCUT2D eigenvalue weighted by Gasteiger charge is 2.22. The number of fused-ring (bicyclic) bond motifs is 1. The summed E-state index contributed by atoms with van der Waals surface area (Å²) in [5, 5.41) is 18.2. The van der Waals surface area contributed by atoms with Gasteiger partial charge in [-0.05, 0) is 43.3 Å². The minimum Gasteiger partial charge on any atom is -0.506 e. The maximum absolute atomic E-state index is 12.7. The van der Waals surface area contributed by atoms with Gasteiger partial charge in [0.25, 0.3) is 0 Å². The van der Waals surface area contributed by atoms with E-state index in [0.717, 1.165) is 5.56 Å². The molecule has 0 unspecified atom stereocenters. The van der Waals surface area contributed by atoms with Gasteiger partial charge in [-0.3, -0.25) is 4.98 Å². The summed E-state index contributed by atoms with van der Waals surface area (Å²) in [4.78, 5) is 4.31. The van der Waals surface area contributed by atoms with Gasteiger partial charge in [-0.1, -0.05) is 22.9 Å². The Kier molecular flexibility index (Phi) is 3.69. The van der Waals surface area contributed by atoms with Crippen molar-refractivity contribution in [2.45, 2.75) is 16.8 Å². The molecule has 4 rings (SSSR count). The molecule has 0 aliphatic rings. The Bertz CT molecular complexity index is 1210. The lowest BCUT2D eigenvalue weighted by Crippen LogP contribution is -2.02. The van der Waals surface area contributed by atoms with Gasteiger partial charge in [0.15, 0.2) is 0 Å². The fourth-order valence-electron chi connectivity index (χ4n) is 2.67. The van der Waals surface area contributed by atoms with E-state index in [4.69, 9.17) is 0 Å². The zero-order valence-electron chi connectivity index (χ0n) is 13.7. The number of hydrogen-bond acceptors (Lipinski definition) is 6. The second kappa shape index (κ2) is 5.92. The predicted octanol–water partition coefficient (Wildman–Crippen LogP) is 2.66. The number of rotatable bonds is 3. The second-order valence-electron chi connectivity index (χ2n) is 5.82. The van der Waals surface area contributed by atoms with Crippen LogP contribution in [0.4, 0.5) is 0 Å². The van der Waals surface area contributed by atoms with Gasteiger partial charge in [0.05, 0.1) is 16.8 Å². The number of aromatic hydroxyl groups is 1. The van der Waals surface area contributed by atoms with E-state index in [2.05, 4.69) is 15.3 Å². The minimum absolute atomic E-state index is 0.0389. The molecule has 2 heterocycles. The van der Waals surface area contributed by atoms with Crippen LogP contribution in [0.5, 0.6) is 5.75 Å². The Hall–Kier alpha value is -3.26. The van der Waals surface area contributed by atoms with Crippen LogP contribution in [0.3, 0.4) is 0 Å². The topological polar surface area (TPSA) is 98.0 Å². The van der Waals surface area contributed by atoms with Crippen molar-refractivity contribution in [1.29, 1.82) is 0 Å². The van der Waals surface area contributed by atoms with Crippen LogP contribution in [0, 0.1) is 6.92 Å². The van der Waals surface area contributed by atoms with E-state index >= 15 is 0 Å². The van der Waals surface area contributed by atoms with Gasteiger partial charge in [0.2, 0.25) is 14.9 Å². The molecule has 0 atom stereocenters. The Morgan fingerprint density at radius 1 is 1.04 bits per heavy atom. The van der Waals surface area contributed by atoms with Crippen molar-refractivity contribution in [2.24, 2.45) is 0 Å². The largest absolute Gasteiger partial charge is 0.506 e. The lowest BCUT2D eigenvalue weighted by Gasteiger charge is -2.06. The predicted molar refractivity (Wildman–Crippen MR) is 95.0 cm³/mol. The first kappa shape index (κ1) is 16.2. The molecule has 2 aromatic heterocycles. The third-order valence-electron chi connectivity index (χ3n) is 4.05. The molecule has 130 valence electrons. The quantitative estimate of drug-likeness (QED) is 0.599. The van der Waals surface area contributed by atoms with Crippen LogP contribution < -0.4 is 0 Å². The summed E-state index contributed by atoms with van der Waals surface area (Å²) < 4.78 is 26.8. The third kappa shape index (κ3) is 2.60. The molecular formula is C18H14N4O3S. The standard InChI is InChI=1S/C18H14N4O3S/c1-12-4-6-13(7-5-12)26(24,25)17-11-22(21-20-17)15-8-9-16(23)18-14(15)3-2-10-19-18/h2-11,23H,1H3. The number of phenolic OH excluding ortho intramolecular Hbond substituents is 1. The zero-order chi connectivity index (χ0) is 18.3. The first-order valence-electron chi connectivity index (χ1n) is 7.78. The molecule has 0 bridgehead atoms. The van der Waals surface area contributed by atoms with Crippen LogP contribution in [-0.2, 0) is 9.84 Å². The molecule has 8 heteroatoms. The van der Waals surface area contributed by atoms with Crippen molar-refractivity contribution < 1.29 is 13.5 Å². The molecule has 1 N–H and O–H groups in total. The summed E-state index contributed by atoms with van der Waals surface area (Å²) in [6, 6.07) is 13.2. The van der Waals surface area contributed by atoms with Crippen LogP contribution in [0.25, 0.3) is 16.6 Å². The molecule has 0 aliphatic heterocycles. The van der Waals surface area contributed by atoms with E-state index in [1.54, 1.807) is 48.7 Å². The van der Waals surface area contributed by atoms with Crippen molar-refractivity contribution in [3.8, 4) is 11.4 Å². The van der Waals surface area contributed by atoms with E-state index in [1.807, 2.05) is 6.92 Å². The SMILES string of the molecule is Cc1ccc(S(=O)(=O)c2cn(-c3ccc(O)c4ncccc34)nn2)cc1. The average molecular weight is 366 g/mol. The number of phenols is 1. The molecule has 0 radical (unpaired) electrons. The van der Waals surface area contributed by atoms with E-state index in [1.165, 1.54) is 16.9 Å². The fraction of sp³-hybridized carbons (Fsp3) is 0.0556. The zero-order valence-corrected chi connectivity index (χ0v) is 14.6. The summed E-state index contributed by atoms with van der Waals surface area (Å²) in [5.74, 6) is 0.0389. The van der Waals surface area contributed by atoms with Gasteiger partial charge in [0.1, 0.15) is 11.3 Å². The number of pyridine rings is 1. The molecule has 0 aliphatic carbocycles. The molecule has 2 aromatic carbocycles. The summed E-state index contributed by atoms with van der Waals surface area (Å²) in [6.07, 6.45) is 2.93. The number of aryl methyl sites for hydroxylation is 1. The minimum atomic E-state index is -3.76. The lowest BCUT2D eigenvalue weighted by atomic mass is 10.1. The van der Waals surface area contributed by atoms with Gasteiger partial charge in [-0.15, -0.1) is 5.10 Å². The maximum atomic E-state index is 12.7. The van der Waals surface area contributed by atoms with Crippen molar-refractivity contribution >= 4 is 20.7 Å². The molecule has 4 aromatic rings. The fourth-order valence-corrected chi connectivity index (χ4v) is 3.79. The molecule has 0 saturated carbocycles. The molecule has 0 saturated heterocycles. The Balaban J connectivity index is 1.82. The molecule has 0 fully saturated rings. The van der Waals surface area contributed by atoms with Gasteiger partial charge in [-0.25, -0.2) is 13.1 Å². The monoisotopic (exact) mass is 366 g/mol. The Labute approximate surface area is 149 Å². The van der Waals surface area contributed by atoms with Gasteiger partial charge < -0.3 is 5.11 Å². The van der Waals surface area contributed by atoms with Crippen LogP contribution in [0.1, 0.15) is 5.56 Å². The number of hydrogen-bond donors (Lipinski definition) is 1. The number of benzene rings is 2. The molecule has 7 nitrogen and oxygen atoms in total. The lowest BCUT2D eigenvalue weighted by molar-refractivity contribution is 0.480. The van der Waals surface area contributed by atoms with Crippen molar-refractivity contribution in [3.05, 3.63) is 66.5 Å². The first-order chi connectivity index (χ1) is 12.5. The van der Waals surface area contributed by atoms with E-state index in [0.29, 0.717) is 16.6 Å². The van der Waals surface area contributed by atoms with E-state index in [9.17, 15) is 13.5 Å². The number of nitrogens with zero attached hydrogens (tertiary/aromatic N) is 4. The highest BCUT2D eigenvalue weighted by atomic mass is 32.2. The average Bonchev–Trinajstić information content (AvgIpc) is 3.13. The summed E-state index contributed by atoms with van der Waals surface area (Å²) >= 11 is 0. The maximum Gasteiger partial charge on any atom is 0.227 e. The Morgan fingerprint density at radius 2 is 1.81 bits per heavy atom. The normalized spacial score (nSPS) is 11.7. The molecule has 0 spiro atoms. The van der Waals surface area contributed by atoms with Gasteiger partial charge >= 0.3 is 0 Å². The van der Waals surface area contributed by atoms with Crippen LogP contribution in [0.2, 0.25) is 0 Å². The highest BCUT2D eigenvalue weighted by Crippen LogP contribution is 2.28. The van der Waals surface area contributed by atoms with Crippen molar-refractivity contribution in [1.82, 2.24) is 20.0 Å². The third-order valence-corrected chi connectivity index (χ3v) is 5.68. The van der Waals surface area contributed by atoms with Gasteiger partial charge in [-0.2, -0.15) is 0 Å². The first-order valence-corrected chi connectivity index (χ1v) is 9.26. The van der Waals surface area contributed by atoms with Crippen LogP contribution in [0.15, 0.2) is 70.8 Å². The molecule has 26 heavy (non-hydrogen) atoms. The Morgan fingerprint density at radius 3 is 2.58 bits per heavy atom. The van der Waals surface area contributed by atoms with E-state index < -0.39 is 9.84 Å². The van der Waals surface area contributed by atoms with Crippen molar-refractivity contribution in [3.63, 3.8) is 0 Å². The molecule has 0 amide bonds. The summed E-state index contributed by atoms with van der Waals surface area (Å²) in [6.45, 7) is 1.89. The van der Waals surface area contributed by atoms with Crippen molar-refractivity contribution in [2.75, 3.05) is 0 Å². The highest BCUT2D eigenvalue weighted by molar-refractivity contribution is 7.91. The molecular weight excluding hydrogens is 352 g/mol. The summed E-state index contributed by atoms with van der Waals surface area (Å²) in [5.41, 5.74) is 1.95. The van der Waals surface area contributed by atoms with E-state index in [-0.39, 0.29) is 15.7 Å². The van der Waals surface area contributed by atoms with Crippen LogP contribution >= 0.6 is 0 Å².